The predicted octanol–water partition coefficient (Wildman–Crippen LogP) is 4.10. The number of benzene rings is 2. The second kappa shape index (κ2) is 6.19. The molecule has 25 heavy (non-hydrogen) atoms. The van der Waals surface area contributed by atoms with E-state index in [1.807, 2.05) is 19.1 Å². The molecule has 0 aromatic heterocycles. The van der Waals surface area contributed by atoms with Crippen molar-refractivity contribution in [3.05, 3.63) is 59.7 Å². The minimum atomic E-state index is -0.610. The van der Waals surface area contributed by atoms with E-state index in [4.69, 9.17) is 10.5 Å². The van der Waals surface area contributed by atoms with E-state index in [2.05, 4.69) is 36.4 Å². The zero-order valence-electron chi connectivity index (χ0n) is 14.6. The van der Waals surface area contributed by atoms with Crippen molar-refractivity contribution >= 4 is 6.09 Å². The van der Waals surface area contributed by atoms with E-state index in [0.29, 0.717) is 13.2 Å². The molecule has 4 nitrogen and oxygen atoms in total. The summed E-state index contributed by atoms with van der Waals surface area (Å²) in [5.74, 6) is 0.0881. The number of fused-ring (bicyclic) bond motifs is 3. The molecular formula is C21H24N2O2. The van der Waals surface area contributed by atoms with Crippen LogP contribution in [0.3, 0.4) is 0 Å². The Morgan fingerprint density at radius 1 is 1.12 bits per heavy atom. The largest absolute Gasteiger partial charge is 0.448 e. The Hall–Kier alpha value is -2.33. The lowest BCUT2D eigenvalue weighted by molar-refractivity contribution is 0.0368. The van der Waals surface area contributed by atoms with Crippen LogP contribution in [-0.2, 0) is 4.74 Å². The normalized spacial score (nSPS) is 22.4. The van der Waals surface area contributed by atoms with Gasteiger partial charge in [-0.2, -0.15) is 0 Å². The monoisotopic (exact) mass is 336 g/mol. The van der Waals surface area contributed by atoms with Gasteiger partial charge in [0.15, 0.2) is 0 Å². The lowest BCUT2D eigenvalue weighted by Gasteiger charge is -2.41. The summed E-state index contributed by atoms with van der Waals surface area (Å²) in [6.45, 7) is 2.93. The first-order valence-corrected chi connectivity index (χ1v) is 8.99. The molecule has 1 saturated heterocycles. The second-order valence-corrected chi connectivity index (χ2v) is 7.27. The van der Waals surface area contributed by atoms with E-state index in [9.17, 15) is 4.79 Å². The van der Waals surface area contributed by atoms with Gasteiger partial charge < -0.3 is 10.5 Å². The highest BCUT2D eigenvalue weighted by Crippen LogP contribution is 2.44. The van der Waals surface area contributed by atoms with Gasteiger partial charge in [0.25, 0.3) is 0 Å². The van der Waals surface area contributed by atoms with Crippen LogP contribution in [0.25, 0.3) is 11.1 Å². The van der Waals surface area contributed by atoms with Crippen LogP contribution in [-0.4, -0.2) is 29.8 Å². The lowest BCUT2D eigenvalue weighted by atomic mass is 9.98. The summed E-state index contributed by atoms with van der Waals surface area (Å²) in [6.07, 6.45) is 2.56. The molecule has 2 N–H and O–H groups in total. The molecule has 1 atom stereocenters. The first-order chi connectivity index (χ1) is 12.1. The Bertz CT molecular complexity index is 754. The molecule has 1 aliphatic heterocycles. The summed E-state index contributed by atoms with van der Waals surface area (Å²) in [5, 5.41) is 0. The van der Waals surface area contributed by atoms with Crippen molar-refractivity contribution < 1.29 is 9.53 Å². The maximum atomic E-state index is 12.6. The van der Waals surface area contributed by atoms with Crippen molar-refractivity contribution in [2.24, 2.45) is 5.73 Å². The van der Waals surface area contributed by atoms with Gasteiger partial charge in [-0.25, -0.2) is 4.79 Å². The molecule has 0 saturated carbocycles. The lowest BCUT2D eigenvalue weighted by Crippen LogP contribution is -2.58. The number of hydrogen-bond acceptors (Lipinski definition) is 3. The highest BCUT2D eigenvalue weighted by Gasteiger charge is 2.36. The summed E-state index contributed by atoms with van der Waals surface area (Å²) in [4.78, 5) is 14.3. The molecule has 0 radical (unpaired) electrons. The third kappa shape index (κ3) is 2.81. The highest BCUT2D eigenvalue weighted by molar-refractivity contribution is 5.79. The molecule has 2 aromatic rings. The number of amides is 1. The summed E-state index contributed by atoms with van der Waals surface area (Å²) < 4.78 is 5.72. The van der Waals surface area contributed by atoms with Crippen LogP contribution in [0.1, 0.15) is 43.2 Å². The zero-order chi connectivity index (χ0) is 17.4. The number of carbonyl (C=O) groups excluding carboxylic acids is 1. The fraction of sp³-hybridized carbons (Fsp3) is 0.381. The average Bonchev–Trinajstić information content (AvgIpc) is 2.93. The van der Waals surface area contributed by atoms with Gasteiger partial charge in [-0.05, 0) is 48.4 Å². The van der Waals surface area contributed by atoms with E-state index >= 15 is 0 Å². The van der Waals surface area contributed by atoms with E-state index in [-0.39, 0.29) is 12.0 Å². The molecule has 4 heteroatoms. The number of carbonyl (C=O) groups is 1. The molecule has 1 unspecified atom stereocenters. The van der Waals surface area contributed by atoms with Gasteiger partial charge in [-0.1, -0.05) is 48.5 Å². The number of rotatable bonds is 2. The number of nitrogens with zero attached hydrogens (tertiary/aromatic N) is 1. The molecule has 2 aromatic carbocycles. The van der Waals surface area contributed by atoms with E-state index in [1.165, 1.54) is 22.3 Å². The van der Waals surface area contributed by atoms with Crippen LogP contribution < -0.4 is 5.73 Å². The van der Waals surface area contributed by atoms with Crippen LogP contribution in [0.15, 0.2) is 48.5 Å². The van der Waals surface area contributed by atoms with E-state index in [0.717, 1.165) is 19.3 Å². The van der Waals surface area contributed by atoms with Crippen LogP contribution in [0.4, 0.5) is 4.79 Å². The highest BCUT2D eigenvalue weighted by atomic mass is 16.6. The summed E-state index contributed by atoms with van der Waals surface area (Å²) in [5.41, 5.74) is 10.6. The topological polar surface area (TPSA) is 55.6 Å². The molecule has 1 aliphatic carbocycles. The molecule has 1 fully saturated rings. The van der Waals surface area contributed by atoms with Gasteiger partial charge in [0.1, 0.15) is 6.61 Å². The Morgan fingerprint density at radius 2 is 1.72 bits per heavy atom. The van der Waals surface area contributed by atoms with Crippen molar-refractivity contribution in [1.82, 2.24) is 4.90 Å². The Kier molecular flexibility index (Phi) is 4.00. The molecule has 0 bridgehead atoms. The molecule has 130 valence electrons. The third-order valence-electron chi connectivity index (χ3n) is 5.49. The molecular weight excluding hydrogens is 312 g/mol. The van der Waals surface area contributed by atoms with Crippen molar-refractivity contribution in [2.75, 3.05) is 13.2 Å². The first-order valence-electron chi connectivity index (χ1n) is 8.99. The van der Waals surface area contributed by atoms with Crippen LogP contribution in [0, 0.1) is 0 Å². The fourth-order valence-electron chi connectivity index (χ4n) is 4.11. The molecule has 1 heterocycles. The molecule has 4 rings (SSSR count). The van der Waals surface area contributed by atoms with Crippen LogP contribution >= 0.6 is 0 Å². The van der Waals surface area contributed by atoms with E-state index in [1.54, 1.807) is 4.90 Å². The fourth-order valence-corrected chi connectivity index (χ4v) is 4.11. The minimum absolute atomic E-state index is 0.0881. The number of piperidine rings is 1. The van der Waals surface area contributed by atoms with Gasteiger partial charge in [-0.15, -0.1) is 0 Å². The molecule has 0 spiro atoms. The van der Waals surface area contributed by atoms with Gasteiger partial charge in [0.05, 0.1) is 5.66 Å². The number of nitrogens with two attached hydrogens (primary N) is 1. The van der Waals surface area contributed by atoms with Gasteiger partial charge in [0.2, 0.25) is 0 Å². The zero-order valence-corrected chi connectivity index (χ0v) is 14.6. The van der Waals surface area contributed by atoms with Crippen molar-refractivity contribution in [3.8, 4) is 11.1 Å². The standard InChI is InChI=1S/C21H24N2O2/c1-21(22)12-6-7-13-23(21)20(24)25-14-19-17-10-4-2-8-15(17)16-9-3-5-11-18(16)19/h2-5,8-11,19H,6-7,12-14,22H2,1H3. The Morgan fingerprint density at radius 3 is 2.32 bits per heavy atom. The Balaban J connectivity index is 1.54. The maximum absolute atomic E-state index is 12.6. The van der Waals surface area contributed by atoms with Crippen molar-refractivity contribution in [1.29, 1.82) is 0 Å². The maximum Gasteiger partial charge on any atom is 0.411 e. The number of hydrogen-bond donors (Lipinski definition) is 1. The van der Waals surface area contributed by atoms with Gasteiger partial charge in [0, 0.05) is 12.5 Å². The molecule has 2 aliphatic rings. The predicted molar refractivity (Wildman–Crippen MR) is 98.2 cm³/mol. The summed E-state index contributed by atoms with van der Waals surface area (Å²) >= 11 is 0. The average molecular weight is 336 g/mol. The van der Waals surface area contributed by atoms with Crippen LogP contribution in [0.5, 0.6) is 0 Å². The quantitative estimate of drug-likeness (QED) is 0.898. The van der Waals surface area contributed by atoms with Crippen molar-refractivity contribution in [2.45, 2.75) is 37.8 Å². The Labute approximate surface area is 148 Å². The second-order valence-electron chi connectivity index (χ2n) is 7.27. The van der Waals surface area contributed by atoms with Crippen molar-refractivity contribution in [3.63, 3.8) is 0 Å². The summed E-state index contributed by atoms with van der Waals surface area (Å²) in [6, 6.07) is 16.7. The number of ether oxygens (including phenoxy) is 1. The van der Waals surface area contributed by atoms with Crippen LogP contribution in [0.2, 0.25) is 0 Å². The van der Waals surface area contributed by atoms with Gasteiger partial charge in [-0.3, -0.25) is 4.90 Å². The number of likely N-dealkylation sites (tertiary alicyclic amines) is 1. The van der Waals surface area contributed by atoms with E-state index < -0.39 is 5.66 Å². The first kappa shape index (κ1) is 16.2. The third-order valence-corrected chi connectivity index (χ3v) is 5.49. The molecule has 1 amide bonds. The smallest absolute Gasteiger partial charge is 0.411 e. The SMILES string of the molecule is CC1(N)CCCCN1C(=O)OCC1c2ccccc2-c2ccccc21. The van der Waals surface area contributed by atoms with Gasteiger partial charge >= 0.3 is 6.09 Å². The minimum Gasteiger partial charge on any atom is -0.448 e. The summed E-state index contributed by atoms with van der Waals surface area (Å²) in [7, 11) is 0.